The van der Waals surface area contributed by atoms with Crippen LogP contribution in [0.4, 0.5) is 0 Å². The number of ether oxygens (including phenoxy) is 3. The standard InChI is InChI=1S/C35H61N3O10/c1-16-22(11)27-30(40)37(14)25(20(7)8)34(44)48-28(35(12,45)17-2)31(41)38(15)24(19(5)6)32(42)46-26(21(9)10)29(39)36(13)23(18(3)4)33(43)47-27/h18-28,45H,16-17H2,1-15H3/t22?,23-,24-,25-,26+,27+,28-,35+/m0/s1. The predicted octanol–water partition coefficient (Wildman–Crippen LogP) is 3.05. The molecule has 1 unspecified atom stereocenters. The van der Waals surface area contributed by atoms with Crippen LogP contribution in [0.1, 0.15) is 95.9 Å². The van der Waals surface area contributed by atoms with E-state index in [9.17, 15) is 33.9 Å². The molecule has 0 saturated carbocycles. The van der Waals surface area contributed by atoms with Crippen LogP contribution in [0.3, 0.4) is 0 Å². The van der Waals surface area contributed by atoms with Crippen molar-refractivity contribution in [2.24, 2.45) is 29.6 Å². The van der Waals surface area contributed by atoms with E-state index in [1.165, 1.54) is 33.0 Å². The van der Waals surface area contributed by atoms with Crippen molar-refractivity contribution in [3.8, 4) is 0 Å². The van der Waals surface area contributed by atoms with Gasteiger partial charge in [-0.25, -0.2) is 14.4 Å². The molecule has 1 rings (SSSR count). The molecule has 276 valence electrons. The first-order chi connectivity index (χ1) is 22.0. The van der Waals surface area contributed by atoms with Crippen molar-refractivity contribution in [1.29, 1.82) is 0 Å². The number of likely N-dealkylation sites (N-methyl/N-ethyl adjacent to an activating group) is 3. The summed E-state index contributed by atoms with van der Waals surface area (Å²) in [5.74, 6) is -7.36. The second kappa shape index (κ2) is 17.4. The third-order valence-corrected chi connectivity index (χ3v) is 9.39. The highest BCUT2D eigenvalue weighted by Crippen LogP contribution is 2.27. The Morgan fingerprint density at radius 3 is 1.25 bits per heavy atom. The van der Waals surface area contributed by atoms with Crippen LogP contribution in [0.25, 0.3) is 0 Å². The highest BCUT2D eigenvalue weighted by atomic mass is 16.6. The van der Waals surface area contributed by atoms with Crippen molar-refractivity contribution < 1.29 is 48.1 Å². The molecule has 1 fully saturated rings. The largest absolute Gasteiger partial charge is 0.450 e. The Hall–Kier alpha value is -3.22. The molecule has 13 nitrogen and oxygen atoms in total. The number of hydrogen-bond acceptors (Lipinski definition) is 10. The maximum absolute atomic E-state index is 14.1. The monoisotopic (exact) mass is 683 g/mol. The number of cyclic esters (lactones) is 3. The molecule has 8 atom stereocenters. The van der Waals surface area contributed by atoms with Crippen molar-refractivity contribution in [2.75, 3.05) is 21.1 Å². The topological polar surface area (TPSA) is 160 Å². The molecule has 0 aliphatic carbocycles. The minimum Gasteiger partial charge on any atom is -0.450 e. The third kappa shape index (κ3) is 9.69. The van der Waals surface area contributed by atoms with Crippen LogP contribution in [0.15, 0.2) is 0 Å². The second-order valence-corrected chi connectivity index (χ2v) is 14.8. The van der Waals surface area contributed by atoms with Gasteiger partial charge >= 0.3 is 17.9 Å². The smallest absolute Gasteiger partial charge is 0.330 e. The lowest BCUT2D eigenvalue weighted by Crippen LogP contribution is -2.60. The van der Waals surface area contributed by atoms with E-state index >= 15 is 0 Å². The van der Waals surface area contributed by atoms with Crippen LogP contribution in [0.2, 0.25) is 0 Å². The SMILES string of the molecule is CCC(C)[C@H]1OC(=O)[C@H](C(C)C)N(C)C(=O)[C@@H](C(C)C)OC(=O)[C@H](C(C)C)N(C)C(=O)[C@@H]([C@](C)(O)CC)OC(=O)[C@H](C(C)C)N(C)C1=O. The Balaban J connectivity index is 4.07. The highest BCUT2D eigenvalue weighted by Gasteiger charge is 2.48. The lowest BCUT2D eigenvalue weighted by Gasteiger charge is -2.40. The van der Waals surface area contributed by atoms with Crippen LogP contribution < -0.4 is 0 Å². The molecule has 0 aromatic carbocycles. The van der Waals surface area contributed by atoms with Gasteiger partial charge in [0.05, 0.1) is 0 Å². The lowest BCUT2D eigenvalue weighted by molar-refractivity contribution is -0.188. The minimum atomic E-state index is -1.86. The van der Waals surface area contributed by atoms with Gasteiger partial charge in [-0.2, -0.15) is 0 Å². The first-order valence-electron chi connectivity index (χ1n) is 17.1. The van der Waals surface area contributed by atoms with Crippen LogP contribution in [0.5, 0.6) is 0 Å². The van der Waals surface area contributed by atoms with Gasteiger partial charge in [-0.05, 0) is 43.4 Å². The molecule has 13 heteroatoms. The first-order valence-corrected chi connectivity index (χ1v) is 17.1. The Morgan fingerprint density at radius 1 is 0.583 bits per heavy atom. The molecule has 0 radical (unpaired) electrons. The number of carbonyl (C=O) groups excluding carboxylic acids is 6. The molecule has 1 N–H and O–H groups in total. The molecule has 48 heavy (non-hydrogen) atoms. The first kappa shape index (κ1) is 42.8. The molecule has 3 amide bonds. The number of rotatable bonds is 8. The summed E-state index contributed by atoms with van der Waals surface area (Å²) in [5, 5.41) is 11.3. The molecular weight excluding hydrogens is 622 g/mol. The zero-order valence-electron chi connectivity index (χ0n) is 31.7. The number of carbonyl (C=O) groups is 6. The second-order valence-electron chi connectivity index (χ2n) is 14.8. The van der Waals surface area contributed by atoms with Gasteiger partial charge in [0.15, 0.2) is 12.2 Å². The van der Waals surface area contributed by atoms with E-state index in [0.29, 0.717) is 6.42 Å². The van der Waals surface area contributed by atoms with Crippen molar-refractivity contribution in [1.82, 2.24) is 14.7 Å². The average Bonchev–Trinajstić information content (AvgIpc) is 2.98. The summed E-state index contributed by atoms with van der Waals surface area (Å²) in [5.41, 5.74) is -1.86. The van der Waals surface area contributed by atoms with E-state index in [-0.39, 0.29) is 6.42 Å². The molecule has 1 aliphatic heterocycles. The number of esters is 3. The number of hydrogen-bond donors (Lipinski definition) is 1. The summed E-state index contributed by atoms with van der Waals surface area (Å²) in [7, 11) is 4.15. The van der Waals surface area contributed by atoms with Crippen molar-refractivity contribution in [3.05, 3.63) is 0 Å². The average molecular weight is 684 g/mol. The van der Waals surface area contributed by atoms with Gasteiger partial charge in [-0.3, -0.25) is 14.4 Å². The summed E-state index contributed by atoms with van der Waals surface area (Å²) in [6.45, 7) is 20.1. The summed E-state index contributed by atoms with van der Waals surface area (Å²) in [4.78, 5) is 87.2. The summed E-state index contributed by atoms with van der Waals surface area (Å²) in [6, 6.07) is -3.62. The van der Waals surface area contributed by atoms with E-state index in [0.717, 1.165) is 9.80 Å². The number of aliphatic hydroxyl groups is 1. The van der Waals surface area contributed by atoms with Crippen molar-refractivity contribution in [2.45, 2.75) is 138 Å². The van der Waals surface area contributed by atoms with Gasteiger partial charge in [0.25, 0.3) is 17.7 Å². The maximum Gasteiger partial charge on any atom is 0.330 e. The van der Waals surface area contributed by atoms with E-state index < -0.39 is 107 Å². The molecule has 0 bridgehead atoms. The molecule has 0 spiro atoms. The van der Waals surface area contributed by atoms with Crippen molar-refractivity contribution >= 4 is 35.6 Å². The Labute approximate surface area is 287 Å². The highest BCUT2D eigenvalue weighted by molar-refractivity contribution is 5.94. The van der Waals surface area contributed by atoms with Crippen LogP contribution in [-0.4, -0.2) is 119 Å². The van der Waals surface area contributed by atoms with E-state index in [1.807, 2.05) is 6.92 Å². The molecular formula is C35H61N3O10. The van der Waals surface area contributed by atoms with Gasteiger partial charge in [0, 0.05) is 27.1 Å². The Kier molecular flexibility index (Phi) is 15.6. The predicted molar refractivity (Wildman–Crippen MR) is 179 cm³/mol. The summed E-state index contributed by atoms with van der Waals surface area (Å²) in [6.07, 6.45) is -3.97. The van der Waals surface area contributed by atoms with E-state index in [2.05, 4.69) is 0 Å². The third-order valence-electron chi connectivity index (χ3n) is 9.39. The molecule has 0 aromatic heterocycles. The molecule has 1 aliphatic rings. The maximum atomic E-state index is 14.1. The van der Waals surface area contributed by atoms with E-state index in [1.54, 1.807) is 69.2 Å². The van der Waals surface area contributed by atoms with Crippen LogP contribution in [-0.2, 0) is 43.0 Å². The summed E-state index contributed by atoms with van der Waals surface area (Å²) < 4.78 is 17.5. The fourth-order valence-electron chi connectivity index (χ4n) is 5.93. The normalized spacial score (nSPS) is 28.4. The molecule has 1 saturated heterocycles. The zero-order chi connectivity index (χ0) is 37.6. The molecule has 0 aromatic rings. The zero-order valence-corrected chi connectivity index (χ0v) is 31.7. The lowest BCUT2D eigenvalue weighted by atomic mass is 9.92. The van der Waals surface area contributed by atoms with Crippen LogP contribution >= 0.6 is 0 Å². The molecule has 1 heterocycles. The van der Waals surface area contributed by atoms with Crippen LogP contribution in [0, 0.1) is 29.6 Å². The quantitative estimate of drug-likeness (QED) is 0.298. The number of nitrogens with zero attached hydrogens (tertiary/aromatic N) is 3. The summed E-state index contributed by atoms with van der Waals surface area (Å²) >= 11 is 0. The van der Waals surface area contributed by atoms with Gasteiger partial charge in [-0.1, -0.05) is 76.2 Å². The fraction of sp³-hybridized carbons (Fsp3) is 0.829. The van der Waals surface area contributed by atoms with Gasteiger partial charge in [0.1, 0.15) is 23.7 Å². The minimum absolute atomic E-state index is 0.00174. The van der Waals surface area contributed by atoms with Gasteiger partial charge in [-0.15, -0.1) is 0 Å². The Bertz CT molecular complexity index is 1170. The fourth-order valence-corrected chi connectivity index (χ4v) is 5.93. The van der Waals surface area contributed by atoms with Crippen molar-refractivity contribution in [3.63, 3.8) is 0 Å². The van der Waals surface area contributed by atoms with E-state index in [4.69, 9.17) is 14.2 Å². The van der Waals surface area contributed by atoms with Gasteiger partial charge in [0.2, 0.25) is 6.10 Å². The Morgan fingerprint density at radius 2 is 0.917 bits per heavy atom. The number of amides is 3. The van der Waals surface area contributed by atoms with Gasteiger partial charge < -0.3 is 34.0 Å².